The first-order valence-corrected chi connectivity index (χ1v) is 6.17. The van der Waals surface area contributed by atoms with Crippen molar-refractivity contribution in [3.05, 3.63) is 0 Å². The highest BCUT2D eigenvalue weighted by atomic mass is 16.2. The molecule has 2 rings (SSSR count). The average molecular weight is 210 g/mol. The Bertz CT molecular complexity index is 244. The van der Waals surface area contributed by atoms with Crippen LogP contribution in [0.25, 0.3) is 0 Å². The van der Waals surface area contributed by atoms with Gasteiger partial charge >= 0.3 is 0 Å². The second-order valence-corrected chi connectivity index (χ2v) is 5.29. The summed E-state index contributed by atoms with van der Waals surface area (Å²) in [5.74, 6) is 0.573. The maximum atomic E-state index is 12.3. The number of hydrogen-bond acceptors (Lipinski definition) is 2. The van der Waals surface area contributed by atoms with Gasteiger partial charge in [-0.25, -0.2) is 0 Å². The Morgan fingerprint density at radius 1 is 1.13 bits per heavy atom. The van der Waals surface area contributed by atoms with Crippen molar-refractivity contribution >= 4 is 5.91 Å². The fourth-order valence-corrected chi connectivity index (χ4v) is 3.08. The molecule has 15 heavy (non-hydrogen) atoms. The monoisotopic (exact) mass is 210 g/mol. The standard InChI is InChI=1S/C12H22N2O/c1-8-3-4-9(2)14(8)12(15)10-5-6-11(13)7-10/h8-11H,3-7,13H2,1-2H3. The summed E-state index contributed by atoms with van der Waals surface area (Å²) in [6.07, 6.45) is 5.23. The highest BCUT2D eigenvalue weighted by Gasteiger charge is 2.37. The molecule has 4 atom stereocenters. The lowest BCUT2D eigenvalue weighted by Gasteiger charge is -2.29. The predicted octanol–water partition coefficient (Wildman–Crippen LogP) is 1.51. The van der Waals surface area contributed by atoms with E-state index in [9.17, 15) is 4.79 Å². The number of likely N-dealkylation sites (tertiary alicyclic amines) is 1. The molecule has 1 aliphatic heterocycles. The van der Waals surface area contributed by atoms with E-state index in [-0.39, 0.29) is 12.0 Å². The van der Waals surface area contributed by atoms with Gasteiger partial charge in [0.05, 0.1) is 0 Å². The molecule has 1 saturated heterocycles. The van der Waals surface area contributed by atoms with Crippen LogP contribution >= 0.6 is 0 Å². The van der Waals surface area contributed by atoms with E-state index in [4.69, 9.17) is 5.73 Å². The van der Waals surface area contributed by atoms with Crippen molar-refractivity contribution < 1.29 is 4.79 Å². The number of carbonyl (C=O) groups is 1. The first-order valence-electron chi connectivity index (χ1n) is 6.17. The highest BCUT2D eigenvalue weighted by molar-refractivity contribution is 5.80. The Kier molecular flexibility index (Phi) is 3.01. The molecule has 0 spiro atoms. The van der Waals surface area contributed by atoms with Crippen LogP contribution in [-0.4, -0.2) is 28.9 Å². The summed E-state index contributed by atoms with van der Waals surface area (Å²) in [5.41, 5.74) is 5.86. The van der Waals surface area contributed by atoms with Crippen LogP contribution in [0.5, 0.6) is 0 Å². The van der Waals surface area contributed by atoms with Gasteiger partial charge in [-0.15, -0.1) is 0 Å². The first kappa shape index (κ1) is 10.9. The molecule has 86 valence electrons. The third kappa shape index (κ3) is 2.03. The second kappa shape index (κ2) is 4.12. The largest absolute Gasteiger partial charge is 0.337 e. The molecular weight excluding hydrogens is 188 g/mol. The van der Waals surface area contributed by atoms with Crippen LogP contribution in [0, 0.1) is 5.92 Å². The van der Waals surface area contributed by atoms with E-state index < -0.39 is 0 Å². The van der Waals surface area contributed by atoms with Crippen molar-refractivity contribution in [1.29, 1.82) is 0 Å². The molecule has 2 N–H and O–H groups in total. The van der Waals surface area contributed by atoms with E-state index in [2.05, 4.69) is 18.7 Å². The minimum absolute atomic E-state index is 0.211. The molecule has 3 nitrogen and oxygen atoms in total. The normalized spacial score (nSPS) is 41.1. The predicted molar refractivity (Wildman–Crippen MR) is 60.3 cm³/mol. The smallest absolute Gasteiger partial charge is 0.226 e. The minimum Gasteiger partial charge on any atom is -0.337 e. The van der Waals surface area contributed by atoms with Gasteiger partial charge in [-0.1, -0.05) is 0 Å². The molecule has 3 heteroatoms. The molecule has 0 radical (unpaired) electrons. The number of carbonyl (C=O) groups excluding carboxylic acids is 1. The SMILES string of the molecule is CC1CCC(C)N1C(=O)C1CCC(N)C1. The lowest BCUT2D eigenvalue weighted by atomic mass is 10.1. The first-order chi connectivity index (χ1) is 7.09. The van der Waals surface area contributed by atoms with E-state index >= 15 is 0 Å². The number of rotatable bonds is 1. The van der Waals surface area contributed by atoms with Crippen LogP contribution in [0.1, 0.15) is 46.0 Å². The third-order valence-electron chi connectivity index (χ3n) is 4.03. The summed E-state index contributed by atoms with van der Waals surface area (Å²) in [5, 5.41) is 0. The molecule has 2 fully saturated rings. The Labute approximate surface area is 92.0 Å². The summed E-state index contributed by atoms with van der Waals surface area (Å²) in [6, 6.07) is 1.13. The summed E-state index contributed by atoms with van der Waals surface area (Å²) < 4.78 is 0. The van der Waals surface area contributed by atoms with E-state index in [1.54, 1.807) is 0 Å². The van der Waals surface area contributed by atoms with E-state index in [1.165, 1.54) is 0 Å². The molecule has 1 saturated carbocycles. The zero-order chi connectivity index (χ0) is 11.0. The van der Waals surface area contributed by atoms with Crippen molar-refractivity contribution in [1.82, 2.24) is 4.90 Å². The van der Waals surface area contributed by atoms with Crippen LogP contribution in [0.2, 0.25) is 0 Å². The van der Waals surface area contributed by atoms with Crippen LogP contribution in [-0.2, 0) is 4.79 Å². The van der Waals surface area contributed by atoms with Crippen molar-refractivity contribution in [3.63, 3.8) is 0 Å². The molecular formula is C12H22N2O. The van der Waals surface area contributed by atoms with Crippen molar-refractivity contribution in [2.45, 2.75) is 64.1 Å². The summed E-state index contributed by atoms with van der Waals surface area (Å²) in [6.45, 7) is 4.33. The van der Waals surface area contributed by atoms with Gasteiger partial charge in [0, 0.05) is 24.0 Å². The fourth-order valence-electron chi connectivity index (χ4n) is 3.08. The van der Waals surface area contributed by atoms with Gasteiger partial charge < -0.3 is 10.6 Å². The van der Waals surface area contributed by atoms with Crippen LogP contribution in [0.15, 0.2) is 0 Å². The zero-order valence-corrected chi connectivity index (χ0v) is 9.78. The maximum absolute atomic E-state index is 12.3. The van der Waals surface area contributed by atoms with Crippen molar-refractivity contribution in [3.8, 4) is 0 Å². The number of nitrogens with zero attached hydrogens (tertiary/aromatic N) is 1. The molecule has 4 unspecified atom stereocenters. The highest BCUT2D eigenvalue weighted by Crippen LogP contribution is 2.31. The van der Waals surface area contributed by atoms with Gasteiger partial charge in [0.2, 0.25) is 5.91 Å². The van der Waals surface area contributed by atoms with Crippen LogP contribution in [0.4, 0.5) is 0 Å². The molecule has 0 aromatic rings. The Morgan fingerprint density at radius 3 is 2.20 bits per heavy atom. The molecule has 0 aromatic carbocycles. The summed E-state index contributed by atoms with van der Waals surface area (Å²) >= 11 is 0. The Hall–Kier alpha value is -0.570. The number of amides is 1. The topological polar surface area (TPSA) is 46.3 Å². The average Bonchev–Trinajstić information content (AvgIpc) is 2.73. The fraction of sp³-hybridized carbons (Fsp3) is 0.917. The summed E-state index contributed by atoms with van der Waals surface area (Å²) in [7, 11) is 0. The lowest BCUT2D eigenvalue weighted by molar-refractivity contribution is -0.137. The Morgan fingerprint density at radius 2 is 1.73 bits per heavy atom. The van der Waals surface area contributed by atoms with Gasteiger partial charge in [0.15, 0.2) is 0 Å². The van der Waals surface area contributed by atoms with Gasteiger partial charge in [0.25, 0.3) is 0 Å². The van der Waals surface area contributed by atoms with Crippen LogP contribution < -0.4 is 5.73 Å². The van der Waals surface area contributed by atoms with Crippen LogP contribution in [0.3, 0.4) is 0 Å². The third-order valence-corrected chi connectivity index (χ3v) is 4.03. The quantitative estimate of drug-likeness (QED) is 0.713. The van der Waals surface area contributed by atoms with E-state index in [1.807, 2.05) is 0 Å². The maximum Gasteiger partial charge on any atom is 0.226 e. The minimum atomic E-state index is 0.211. The Balaban J connectivity index is 2.01. The van der Waals surface area contributed by atoms with Gasteiger partial charge in [-0.05, 0) is 46.0 Å². The lowest BCUT2D eigenvalue weighted by Crippen LogP contribution is -2.42. The van der Waals surface area contributed by atoms with Crippen molar-refractivity contribution in [2.24, 2.45) is 11.7 Å². The molecule has 1 aliphatic carbocycles. The molecule has 0 bridgehead atoms. The zero-order valence-electron chi connectivity index (χ0n) is 9.78. The van der Waals surface area contributed by atoms with Gasteiger partial charge in [-0.2, -0.15) is 0 Å². The second-order valence-electron chi connectivity index (χ2n) is 5.29. The van der Waals surface area contributed by atoms with Crippen molar-refractivity contribution in [2.75, 3.05) is 0 Å². The van der Waals surface area contributed by atoms with Gasteiger partial charge in [-0.3, -0.25) is 4.79 Å². The van der Waals surface area contributed by atoms with E-state index in [0.29, 0.717) is 18.0 Å². The summed E-state index contributed by atoms with van der Waals surface area (Å²) in [4.78, 5) is 14.4. The van der Waals surface area contributed by atoms with Gasteiger partial charge in [0.1, 0.15) is 0 Å². The molecule has 1 heterocycles. The molecule has 1 amide bonds. The number of hydrogen-bond donors (Lipinski definition) is 1. The molecule has 0 aromatic heterocycles. The molecule has 2 aliphatic rings. The number of nitrogens with two attached hydrogens (primary N) is 1. The van der Waals surface area contributed by atoms with E-state index in [0.717, 1.165) is 32.1 Å².